The van der Waals surface area contributed by atoms with Gasteiger partial charge in [-0.15, -0.1) is 0 Å². The molecular weight excluding hydrogens is 426 g/mol. The summed E-state index contributed by atoms with van der Waals surface area (Å²) in [5.41, 5.74) is 2.81. The van der Waals surface area contributed by atoms with Gasteiger partial charge in [0.05, 0.1) is 20.6 Å². The molecular formula is C28H33N3O3. The molecule has 0 aliphatic heterocycles. The van der Waals surface area contributed by atoms with E-state index in [4.69, 9.17) is 13.9 Å². The lowest BCUT2D eigenvalue weighted by molar-refractivity contribution is 0.336. The fraction of sp³-hybridized carbons (Fsp3) is 0.357. The van der Waals surface area contributed by atoms with Crippen molar-refractivity contribution >= 4 is 12.2 Å². The Morgan fingerprint density at radius 2 is 1.38 bits per heavy atom. The average molecular weight is 460 g/mol. The molecule has 3 rings (SSSR count). The Bertz CT molecular complexity index is 1130. The highest BCUT2D eigenvalue weighted by atomic mass is 16.5. The van der Waals surface area contributed by atoms with Gasteiger partial charge in [-0.3, -0.25) is 0 Å². The minimum absolute atomic E-state index is 0.302. The molecule has 2 aromatic carbocycles. The molecule has 6 nitrogen and oxygen atoms in total. The van der Waals surface area contributed by atoms with Crippen molar-refractivity contribution in [2.24, 2.45) is 16.8 Å². The van der Waals surface area contributed by atoms with Crippen molar-refractivity contribution in [2.45, 2.75) is 27.7 Å². The van der Waals surface area contributed by atoms with E-state index in [1.54, 1.807) is 20.6 Å². The van der Waals surface area contributed by atoms with Crippen LogP contribution in [0.3, 0.4) is 0 Å². The number of hydrogen-bond donors (Lipinski definition) is 0. The monoisotopic (exact) mass is 459 g/mol. The topological polar surface area (TPSA) is 71.0 Å². The summed E-state index contributed by atoms with van der Waals surface area (Å²) in [4.78, 5) is 6.83. The van der Waals surface area contributed by atoms with Crippen molar-refractivity contribution in [1.29, 1.82) is 5.26 Å². The van der Waals surface area contributed by atoms with Gasteiger partial charge in [0.2, 0.25) is 5.88 Å². The van der Waals surface area contributed by atoms with E-state index in [2.05, 4.69) is 43.7 Å². The highest BCUT2D eigenvalue weighted by Crippen LogP contribution is 2.43. The molecule has 0 atom stereocenters. The number of methoxy groups -OCH3 is 2. The number of ether oxygens (including phenoxy) is 2. The highest BCUT2D eigenvalue weighted by Gasteiger charge is 2.23. The number of aliphatic imine (C=N–C) groups is 1. The fourth-order valence-corrected chi connectivity index (χ4v) is 3.83. The van der Waals surface area contributed by atoms with Crippen LogP contribution >= 0.6 is 0 Å². The quantitative estimate of drug-likeness (QED) is 0.247. The van der Waals surface area contributed by atoms with Crippen LogP contribution in [0.5, 0.6) is 11.5 Å². The molecule has 34 heavy (non-hydrogen) atoms. The molecule has 0 amide bonds. The minimum atomic E-state index is 0.302. The molecule has 6 heteroatoms. The predicted molar refractivity (Wildman–Crippen MR) is 137 cm³/mol. The van der Waals surface area contributed by atoms with Crippen molar-refractivity contribution in [2.75, 3.05) is 27.3 Å². The predicted octanol–water partition coefficient (Wildman–Crippen LogP) is 6.78. The molecule has 1 heterocycles. The molecule has 0 saturated heterocycles. The summed E-state index contributed by atoms with van der Waals surface area (Å²) in [6, 6.07) is 17.5. The Morgan fingerprint density at radius 3 is 1.82 bits per heavy atom. The van der Waals surface area contributed by atoms with Crippen molar-refractivity contribution in [1.82, 2.24) is 4.90 Å². The number of hydrogen-bond acceptors (Lipinski definition) is 5. The van der Waals surface area contributed by atoms with Gasteiger partial charge < -0.3 is 18.8 Å². The Hall–Kier alpha value is -3.72. The molecule has 0 spiro atoms. The SMILES string of the molecule is COc1ccc(-c2oc(/N=C/N(CC(C)C)CC(C)C)c(C#N)c2-c2ccc(OC)cc2)cc1. The summed E-state index contributed by atoms with van der Waals surface area (Å²) in [7, 11) is 3.26. The number of rotatable bonds is 10. The molecule has 3 aromatic rings. The summed E-state index contributed by atoms with van der Waals surface area (Å²) in [5, 5.41) is 10.1. The Labute approximate surface area is 202 Å². The first-order valence-corrected chi connectivity index (χ1v) is 11.5. The summed E-state index contributed by atoms with van der Waals surface area (Å²) in [5.74, 6) is 3.36. The van der Waals surface area contributed by atoms with Crippen molar-refractivity contribution in [3.05, 3.63) is 54.1 Å². The van der Waals surface area contributed by atoms with Crippen LogP contribution in [0.2, 0.25) is 0 Å². The fourth-order valence-electron chi connectivity index (χ4n) is 3.83. The molecule has 178 valence electrons. The van der Waals surface area contributed by atoms with Gasteiger partial charge in [-0.05, 0) is 53.8 Å². The van der Waals surface area contributed by atoms with Crippen LogP contribution in [0.15, 0.2) is 57.9 Å². The largest absolute Gasteiger partial charge is 0.497 e. The smallest absolute Gasteiger partial charge is 0.239 e. The van der Waals surface area contributed by atoms with Crippen LogP contribution in [0.25, 0.3) is 22.5 Å². The second-order valence-corrected chi connectivity index (χ2v) is 9.04. The van der Waals surface area contributed by atoms with E-state index < -0.39 is 0 Å². The first kappa shape index (κ1) is 24.9. The lowest BCUT2D eigenvalue weighted by atomic mass is 9.98. The van der Waals surface area contributed by atoms with E-state index in [0.717, 1.165) is 35.7 Å². The van der Waals surface area contributed by atoms with Crippen molar-refractivity contribution < 1.29 is 13.9 Å². The number of nitriles is 1. The zero-order valence-corrected chi connectivity index (χ0v) is 20.8. The van der Waals surface area contributed by atoms with Crippen molar-refractivity contribution in [3.8, 4) is 40.0 Å². The normalized spacial score (nSPS) is 11.3. The van der Waals surface area contributed by atoms with Crippen LogP contribution in [0, 0.1) is 23.2 Å². The number of benzene rings is 2. The van der Waals surface area contributed by atoms with E-state index in [0.29, 0.717) is 34.6 Å². The van der Waals surface area contributed by atoms with Gasteiger partial charge >= 0.3 is 0 Å². The molecule has 0 bridgehead atoms. The lowest BCUT2D eigenvalue weighted by Gasteiger charge is -2.23. The van der Waals surface area contributed by atoms with Crippen LogP contribution in [-0.2, 0) is 0 Å². The van der Waals surface area contributed by atoms with Gasteiger partial charge in [0, 0.05) is 24.2 Å². The van der Waals surface area contributed by atoms with Gasteiger partial charge in [-0.25, -0.2) is 4.99 Å². The van der Waals surface area contributed by atoms with Crippen molar-refractivity contribution in [3.63, 3.8) is 0 Å². The lowest BCUT2D eigenvalue weighted by Crippen LogP contribution is -2.30. The second kappa shape index (κ2) is 11.4. The summed E-state index contributed by atoms with van der Waals surface area (Å²) in [6.45, 7) is 10.5. The number of nitrogens with zero attached hydrogens (tertiary/aromatic N) is 3. The highest BCUT2D eigenvalue weighted by molar-refractivity contribution is 5.88. The summed E-state index contributed by atoms with van der Waals surface area (Å²) < 4.78 is 16.9. The van der Waals surface area contributed by atoms with Gasteiger partial charge in [0.15, 0.2) is 0 Å². The third-order valence-electron chi connectivity index (χ3n) is 5.27. The Kier molecular flexibility index (Phi) is 8.37. The van der Waals surface area contributed by atoms with Crippen LogP contribution in [0.4, 0.5) is 5.88 Å². The molecule has 0 N–H and O–H groups in total. The third kappa shape index (κ3) is 5.99. The molecule has 0 fully saturated rings. The second-order valence-electron chi connectivity index (χ2n) is 9.04. The Balaban J connectivity index is 2.12. The van der Waals surface area contributed by atoms with Gasteiger partial charge in [0.1, 0.15) is 28.9 Å². The first-order chi connectivity index (χ1) is 16.4. The maximum absolute atomic E-state index is 10.1. The van der Waals surface area contributed by atoms with E-state index in [9.17, 15) is 5.26 Å². The van der Waals surface area contributed by atoms with Gasteiger partial charge in [0.25, 0.3) is 0 Å². The molecule has 0 aliphatic rings. The van der Waals surface area contributed by atoms with Crippen LogP contribution < -0.4 is 9.47 Å². The summed E-state index contributed by atoms with van der Waals surface area (Å²) >= 11 is 0. The van der Waals surface area contributed by atoms with E-state index >= 15 is 0 Å². The molecule has 1 aromatic heterocycles. The average Bonchev–Trinajstić information content (AvgIpc) is 3.20. The zero-order chi connectivity index (χ0) is 24.7. The van der Waals surface area contributed by atoms with E-state index in [1.165, 1.54) is 0 Å². The molecule has 0 aliphatic carbocycles. The van der Waals surface area contributed by atoms with E-state index in [1.807, 2.05) is 48.5 Å². The molecule has 0 radical (unpaired) electrons. The maximum atomic E-state index is 10.1. The van der Waals surface area contributed by atoms with Crippen LogP contribution in [-0.4, -0.2) is 38.5 Å². The van der Waals surface area contributed by atoms with E-state index in [-0.39, 0.29) is 0 Å². The third-order valence-corrected chi connectivity index (χ3v) is 5.27. The number of furan rings is 1. The Morgan fingerprint density at radius 1 is 0.882 bits per heavy atom. The molecule has 0 unspecified atom stereocenters. The zero-order valence-electron chi connectivity index (χ0n) is 20.8. The van der Waals surface area contributed by atoms with Gasteiger partial charge in [-0.2, -0.15) is 5.26 Å². The van der Waals surface area contributed by atoms with Gasteiger partial charge in [-0.1, -0.05) is 39.8 Å². The standard InChI is InChI=1S/C28H33N3O3/c1-19(2)16-31(17-20(3)4)18-30-28-25(15-29)26(21-7-11-23(32-5)12-8-21)27(34-28)22-9-13-24(33-6)14-10-22/h7-14,18-20H,16-17H2,1-6H3/b30-18+. The minimum Gasteiger partial charge on any atom is -0.497 e. The first-order valence-electron chi connectivity index (χ1n) is 11.5. The maximum Gasteiger partial charge on any atom is 0.239 e. The molecule has 0 saturated carbocycles. The summed E-state index contributed by atoms with van der Waals surface area (Å²) in [6.07, 6.45) is 1.80. The van der Waals surface area contributed by atoms with Crippen LogP contribution in [0.1, 0.15) is 33.3 Å².